The molecule has 0 fully saturated rings. The van der Waals surface area contributed by atoms with E-state index >= 15 is 0 Å². The summed E-state index contributed by atoms with van der Waals surface area (Å²) in [5.74, 6) is -0.140. The van der Waals surface area contributed by atoms with E-state index in [1.54, 1.807) is 0 Å². The highest BCUT2D eigenvalue weighted by Crippen LogP contribution is 2.11. The van der Waals surface area contributed by atoms with Crippen LogP contribution in [0.2, 0.25) is 0 Å². The normalized spacial score (nSPS) is 12.2. The number of carbonyl (C=O) groups is 1. The second-order valence-corrected chi connectivity index (χ2v) is 3.78. The topological polar surface area (TPSA) is 67.1 Å². The molecule has 0 saturated heterocycles. The molecule has 0 bridgehead atoms. The Balaban J connectivity index is 2.53. The Hall–Kier alpha value is -1.39. The van der Waals surface area contributed by atoms with E-state index in [-0.39, 0.29) is 5.91 Å². The summed E-state index contributed by atoms with van der Waals surface area (Å²) in [6.07, 6.45) is 0. The number of hydrogen-bond donors (Lipinski definition) is 3. The van der Waals surface area contributed by atoms with Crippen LogP contribution in [0.4, 0.5) is 0 Å². The maximum atomic E-state index is 11.6. The fourth-order valence-electron chi connectivity index (χ4n) is 1.35. The molecule has 4 N–H and O–H groups in total. The minimum Gasteiger partial charge on any atom is -0.353 e. The number of rotatable bonds is 5. The van der Waals surface area contributed by atoms with Gasteiger partial charge in [0.2, 0.25) is 5.91 Å². The minimum atomic E-state index is -0.586. The molecule has 4 heteroatoms. The maximum Gasteiger partial charge on any atom is 0.241 e. The summed E-state index contributed by atoms with van der Waals surface area (Å²) in [4.78, 5) is 11.6. The van der Waals surface area contributed by atoms with E-state index in [2.05, 4.69) is 10.6 Å². The standard InChI is InChI=1S/C12H19N3O/c1-9-3-5-10(6-4-9)11(13)12(16)15-8-7-14-2/h3-6,11,14H,7-8,13H2,1-2H3,(H,15,16). The van der Waals surface area contributed by atoms with Crippen molar-refractivity contribution in [1.29, 1.82) is 0 Å². The van der Waals surface area contributed by atoms with Crippen LogP contribution in [0.3, 0.4) is 0 Å². The van der Waals surface area contributed by atoms with Crippen LogP contribution in [0.25, 0.3) is 0 Å². The SMILES string of the molecule is CNCCNC(=O)C(N)c1ccc(C)cc1. The molecule has 1 aromatic carbocycles. The van der Waals surface area contributed by atoms with Crippen molar-refractivity contribution < 1.29 is 4.79 Å². The fraction of sp³-hybridized carbons (Fsp3) is 0.417. The third-order valence-corrected chi connectivity index (χ3v) is 2.39. The Labute approximate surface area is 96.2 Å². The van der Waals surface area contributed by atoms with Crippen LogP contribution in [0.15, 0.2) is 24.3 Å². The van der Waals surface area contributed by atoms with Gasteiger partial charge in [-0.2, -0.15) is 0 Å². The van der Waals surface area contributed by atoms with Gasteiger partial charge in [0.05, 0.1) is 0 Å². The van der Waals surface area contributed by atoms with Crippen LogP contribution in [0, 0.1) is 6.92 Å². The number of nitrogens with two attached hydrogens (primary N) is 1. The molecule has 0 radical (unpaired) electrons. The quantitative estimate of drug-likeness (QED) is 0.628. The Morgan fingerprint density at radius 3 is 2.50 bits per heavy atom. The van der Waals surface area contributed by atoms with Crippen molar-refractivity contribution in [3.8, 4) is 0 Å². The molecule has 1 unspecified atom stereocenters. The molecule has 1 rings (SSSR count). The van der Waals surface area contributed by atoms with Crippen LogP contribution in [-0.2, 0) is 4.79 Å². The minimum absolute atomic E-state index is 0.140. The Morgan fingerprint density at radius 1 is 1.31 bits per heavy atom. The van der Waals surface area contributed by atoms with Crippen LogP contribution in [0.1, 0.15) is 17.2 Å². The number of likely N-dealkylation sites (N-methyl/N-ethyl adjacent to an activating group) is 1. The zero-order valence-electron chi connectivity index (χ0n) is 9.79. The van der Waals surface area contributed by atoms with Gasteiger partial charge < -0.3 is 16.4 Å². The zero-order valence-corrected chi connectivity index (χ0v) is 9.79. The molecule has 0 spiro atoms. The molecule has 16 heavy (non-hydrogen) atoms. The van der Waals surface area contributed by atoms with Crippen LogP contribution >= 0.6 is 0 Å². The number of benzene rings is 1. The largest absolute Gasteiger partial charge is 0.353 e. The summed E-state index contributed by atoms with van der Waals surface area (Å²) >= 11 is 0. The zero-order chi connectivity index (χ0) is 12.0. The number of nitrogens with one attached hydrogen (secondary N) is 2. The monoisotopic (exact) mass is 221 g/mol. The van der Waals surface area contributed by atoms with E-state index in [0.29, 0.717) is 6.54 Å². The first-order valence-electron chi connectivity index (χ1n) is 5.39. The number of aryl methyl sites for hydroxylation is 1. The van der Waals surface area contributed by atoms with Gasteiger partial charge in [-0.25, -0.2) is 0 Å². The Bertz CT molecular complexity index is 335. The van der Waals surface area contributed by atoms with E-state index in [1.165, 1.54) is 0 Å². The van der Waals surface area contributed by atoms with Crippen molar-refractivity contribution >= 4 is 5.91 Å². The fourth-order valence-corrected chi connectivity index (χ4v) is 1.35. The summed E-state index contributed by atoms with van der Waals surface area (Å²) in [5, 5.41) is 5.72. The lowest BCUT2D eigenvalue weighted by molar-refractivity contribution is -0.122. The summed E-state index contributed by atoms with van der Waals surface area (Å²) in [6, 6.07) is 7.10. The smallest absolute Gasteiger partial charge is 0.241 e. The summed E-state index contributed by atoms with van der Waals surface area (Å²) in [5.41, 5.74) is 7.84. The Kier molecular flexibility index (Phi) is 4.95. The molecule has 4 nitrogen and oxygen atoms in total. The van der Waals surface area contributed by atoms with E-state index in [1.807, 2.05) is 38.2 Å². The molecule has 0 aromatic heterocycles. The molecule has 1 amide bonds. The highest BCUT2D eigenvalue weighted by Gasteiger charge is 2.14. The van der Waals surface area contributed by atoms with Gasteiger partial charge >= 0.3 is 0 Å². The van der Waals surface area contributed by atoms with Gasteiger partial charge in [-0.05, 0) is 19.5 Å². The first-order valence-corrected chi connectivity index (χ1v) is 5.39. The van der Waals surface area contributed by atoms with Gasteiger partial charge in [0.25, 0.3) is 0 Å². The average molecular weight is 221 g/mol. The molecule has 0 saturated carbocycles. The van der Waals surface area contributed by atoms with Crippen molar-refractivity contribution in [2.24, 2.45) is 5.73 Å². The predicted molar refractivity (Wildman–Crippen MR) is 65.0 cm³/mol. The second-order valence-electron chi connectivity index (χ2n) is 3.78. The summed E-state index contributed by atoms with van der Waals surface area (Å²) in [6.45, 7) is 3.34. The van der Waals surface area contributed by atoms with Gasteiger partial charge in [0.15, 0.2) is 0 Å². The molecule has 88 valence electrons. The molecular weight excluding hydrogens is 202 g/mol. The average Bonchev–Trinajstić information content (AvgIpc) is 2.29. The highest BCUT2D eigenvalue weighted by molar-refractivity contribution is 5.82. The van der Waals surface area contributed by atoms with Gasteiger partial charge in [-0.1, -0.05) is 29.8 Å². The van der Waals surface area contributed by atoms with Crippen molar-refractivity contribution in [2.45, 2.75) is 13.0 Å². The number of carbonyl (C=O) groups excluding carboxylic acids is 1. The van der Waals surface area contributed by atoms with Gasteiger partial charge in [0.1, 0.15) is 6.04 Å². The third kappa shape index (κ3) is 3.64. The number of amides is 1. The van der Waals surface area contributed by atoms with Crippen LogP contribution < -0.4 is 16.4 Å². The van der Waals surface area contributed by atoms with E-state index in [4.69, 9.17) is 5.73 Å². The van der Waals surface area contributed by atoms with E-state index in [0.717, 1.165) is 17.7 Å². The van der Waals surface area contributed by atoms with Crippen molar-refractivity contribution in [3.63, 3.8) is 0 Å². The Morgan fingerprint density at radius 2 is 1.94 bits per heavy atom. The lowest BCUT2D eigenvalue weighted by Crippen LogP contribution is -2.37. The van der Waals surface area contributed by atoms with Gasteiger partial charge in [-0.15, -0.1) is 0 Å². The van der Waals surface area contributed by atoms with E-state index < -0.39 is 6.04 Å². The van der Waals surface area contributed by atoms with Crippen molar-refractivity contribution in [1.82, 2.24) is 10.6 Å². The van der Waals surface area contributed by atoms with Crippen molar-refractivity contribution in [3.05, 3.63) is 35.4 Å². The highest BCUT2D eigenvalue weighted by atomic mass is 16.2. The summed E-state index contributed by atoms with van der Waals surface area (Å²) in [7, 11) is 1.84. The number of hydrogen-bond acceptors (Lipinski definition) is 3. The van der Waals surface area contributed by atoms with Crippen LogP contribution in [-0.4, -0.2) is 26.0 Å². The predicted octanol–water partition coefficient (Wildman–Crippen LogP) is 0.330. The molecule has 0 heterocycles. The van der Waals surface area contributed by atoms with Gasteiger partial charge in [-0.3, -0.25) is 4.79 Å². The molecule has 0 aliphatic carbocycles. The van der Waals surface area contributed by atoms with E-state index in [9.17, 15) is 4.79 Å². The maximum absolute atomic E-state index is 11.6. The molecule has 0 aliphatic rings. The molecule has 1 atom stereocenters. The second kappa shape index (κ2) is 6.25. The van der Waals surface area contributed by atoms with Crippen molar-refractivity contribution in [2.75, 3.05) is 20.1 Å². The third-order valence-electron chi connectivity index (χ3n) is 2.39. The summed E-state index contributed by atoms with van der Waals surface area (Å²) < 4.78 is 0. The van der Waals surface area contributed by atoms with Gasteiger partial charge in [0, 0.05) is 13.1 Å². The first kappa shape index (κ1) is 12.7. The van der Waals surface area contributed by atoms with Crippen LogP contribution in [0.5, 0.6) is 0 Å². The first-order chi connectivity index (χ1) is 7.65. The molecular formula is C12H19N3O. The molecule has 1 aromatic rings. The lowest BCUT2D eigenvalue weighted by atomic mass is 10.1. The lowest BCUT2D eigenvalue weighted by Gasteiger charge is -2.12. The molecule has 0 aliphatic heterocycles.